The van der Waals surface area contributed by atoms with E-state index in [2.05, 4.69) is 0 Å². The molecule has 4 nitrogen and oxygen atoms in total. The molecule has 0 fully saturated rings. The molecule has 0 bridgehead atoms. The molecule has 0 aliphatic carbocycles. The standard InChI is InChI=1S/C19H13NO3S/c20-14-16-10-4-7-13-19(16)24(21,22)23-18-12-6-5-11-17(18)15-8-2-1-3-9-15/h1-13H. The third-order valence-corrected chi connectivity index (χ3v) is 4.74. The van der Waals surface area contributed by atoms with Gasteiger partial charge < -0.3 is 4.18 Å². The first-order valence-electron chi connectivity index (χ1n) is 7.20. The summed E-state index contributed by atoms with van der Waals surface area (Å²) in [7, 11) is -4.11. The molecule has 3 aromatic rings. The second-order valence-electron chi connectivity index (χ2n) is 5.01. The Morgan fingerprint density at radius 3 is 2.17 bits per heavy atom. The summed E-state index contributed by atoms with van der Waals surface area (Å²) < 4.78 is 30.5. The van der Waals surface area contributed by atoms with Crippen LogP contribution >= 0.6 is 0 Å². The Labute approximate surface area is 140 Å². The van der Waals surface area contributed by atoms with E-state index >= 15 is 0 Å². The molecule has 0 aromatic heterocycles. The minimum Gasteiger partial charge on any atom is -0.378 e. The molecule has 118 valence electrons. The van der Waals surface area contributed by atoms with E-state index in [4.69, 9.17) is 9.44 Å². The lowest BCUT2D eigenvalue weighted by Gasteiger charge is -2.12. The van der Waals surface area contributed by atoms with Gasteiger partial charge in [-0.25, -0.2) is 0 Å². The predicted octanol–water partition coefficient (Wildman–Crippen LogP) is 3.99. The Morgan fingerprint density at radius 1 is 0.792 bits per heavy atom. The van der Waals surface area contributed by atoms with Gasteiger partial charge in [-0.2, -0.15) is 13.7 Å². The van der Waals surface area contributed by atoms with Crippen molar-refractivity contribution in [3.63, 3.8) is 0 Å². The SMILES string of the molecule is N#Cc1ccccc1S(=O)(=O)Oc1ccccc1-c1ccccc1. The Morgan fingerprint density at radius 2 is 1.42 bits per heavy atom. The Kier molecular flexibility index (Phi) is 4.32. The summed E-state index contributed by atoms with van der Waals surface area (Å²) in [6.07, 6.45) is 0. The van der Waals surface area contributed by atoms with E-state index in [0.717, 1.165) is 5.56 Å². The maximum absolute atomic E-state index is 12.6. The summed E-state index contributed by atoms with van der Waals surface area (Å²) in [6, 6.07) is 24.1. The van der Waals surface area contributed by atoms with Gasteiger partial charge in [0, 0.05) is 5.56 Å². The van der Waals surface area contributed by atoms with Crippen molar-refractivity contribution >= 4 is 10.1 Å². The molecule has 0 saturated heterocycles. The van der Waals surface area contributed by atoms with Crippen LogP contribution in [0.1, 0.15) is 5.56 Å². The van der Waals surface area contributed by atoms with Crippen molar-refractivity contribution in [3.8, 4) is 22.9 Å². The minimum absolute atomic E-state index is 0.0506. The zero-order chi connectivity index (χ0) is 17.0. The maximum Gasteiger partial charge on any atom is 0.340 e. The molecule has 0 saturated carbocycles. The number of benzene rings is 3. The van der Waals surface area contributed by atoms with Crippen molar-refractivity contribution in [3.05, 3.63) is 84.4 Å². The molecule has 0 amide bonds. The summed E-state index contributed by atoms with van der Waals surface area (Å²) in [4.78, 5) is -0.143. The van der Waals surface area contributed by atoms with Gasteiger partial charge in [-0.05, 0) is 23.8 Å². The fourth-order valence-corrected chi connectivity index (χ4v) is 3.44. The lowest BCUT2D eigenvalue weighted by Crippen LogP contribution is -2.12. The lowest BCUT2D eigenvalue weighted by molar-refractivity contribution is 0.486. The van der Waals surface area contributed by atoms with Crippen molar-refractivity contribution in [1.29, 1.82) is 5.26 Å². The molecule has 0 spiro atoms. The largest absolute Gasteiger partial charge is 0.378 e. The summed E-state index contributed by atoms with van der Waals surface area (Å²) in [6.45, 7) is 0. The van der Waals surface area contributed by atoms with E-state index in [1.807, 2.05) is 42.5 Å². The summed E-state index contributed by atoms with van der Waals surface area (Å²) in [5, 5.41) is 9.11. The highest BCUT2D eigenvalue weighted by molar-refractivity contribution is 7.87. The smallest absolute Gasteiger partial charge is 0.340 e. The predicted molar refractivity (Wildman–Crippen MR) is 90.8 cm³/mol. The van der Waals surface area contributed by atoms with E-state index in [1.165, 1.54) is 12.1 Å². The molecule has 3 rings (SSSR count). The van der Waals surface area contributed by atoms with Gasteiger partial charge in [-0.1, -0.05) is 60.7 Å². The molecule has 24 heavy (non-hydrogen) atoms. The van der Waals surface area contributed by atoms with Crippen LogP contribution in [0.5, 0.6) is 5.75 Å². The van der Waals surface area contributed by atoms with Crippen LogP contribution in [0.15, 0.2) is 83.8 Å². The van der Waals surface area contributed by atoms with Crippen LogP contribution in [0.2, 0.25) is 0 Å². The second-order valence-corrected chi connectivity index (χ2v) is 6.52. The summed E-state index contributed by atoms with van der Waals surface area (Å²) >= 11 is 0. The average Bonchev–Trinajstić information content (AvgIpc) is 2.62. The molecular weight excluding hydrogens is 322 g/mol. The lowest BCUT2D eigenvalue weighted by atomic mass is 10.1. The molecule has 0 aliphatic rings. The molecule has 0 radical (unpaired) electrons. The first-order valence-corrected chi connectivity index (χ1v) is 8.61. The molecular formula is C19H13NO3S. The molecule has 0 aliphatic heterocycles. The van der Waals surface area contributed by atoms with Gasteiger partial charge >= 0.3 is 10.1 Å². The first kappa shape index (κ1) is 15.8. The van der Waals surface area contributed by atoms with Crippen molar-refractivity contribution in [2.24, 2.45) is 0 Å². The maximum atomic E-state index is 12.6. The van der Waals surface area contributed by atoms with Crippen molar-refractivity contribution in [2.45, 2.75) is 4.90 Å². The number of hydrogen-bond donors (Lipinski definition) is 0. The number of nitriles is 1. The van der Waals surface area contributed by atoms with Crippen LogP contribution < -0.4 is 4.18 Å². The van der Waals surface area contributed by atoms with Crippen molar-refractivity contribution in [2.75, 3.05) is 0 Å². The minimum atomic E-state index is -4.11. The Hall–Kier alpha value is -3.10. The van der Waals surface area contributed by atoms with E-state index in [0.29, 0.717) is 5.56 Å². The Balaban J connectivity index is 2.05. The van der Waals surface area contributed by atoms with Crippen molar-refractivity contribution < 1.29 is 12.6 Å². The van der Waals surface area contributed by atoms with Crippen LogP contribution in [0, 0.1) is 11.3 Å². The van der Waals surface area contributed by atoms with E-state index in [9.17, 15) is 8.42 Å². The van der Waals surface area contributed by atoms with Gasteiger partial charge in [0.25, 0.3) is 0 Å². The monoisotopic (exact) mass is 335 g/mol. The normalized spacial score (nSPS) is 10.8. The number of hydrogen-bond acceptors (Lipinski definition) is 4. The Bertz CT molecular complexity index is 1010. The van der Waals surface area contributed by atoms with Crippen molar-refractivity contribution in [1.82, 2.24) is 0 Å². The molecule has 5 heteroatoms. The van der Waals surface area contributed by atoms with Gasteiger partial charge in [0.15, 0.2) is 5.75 Å². The van der Waals surface area contributed by atoms with Crippen LogP contribution in [0.25, 0.3) is 11.1 Å². The highest BCUT2D eigenvalue weighted by Gasteiger charge is 2.22. The summed E-state index contributed by atoms with van der Waals surface area (Å²) in [5.41, 5.74) is 1.56. The van der Waals surface area contributed by atoms with E-state index in [1.54, 1.807) is 30.3 Å². The van der Waals surface area contributed by atoms with Crippen LogP contribution in [0.4, 0.5) is 0 Å². The first-order chi connectivity index (χ1) is 11.6. The number of nitrogens with zero attached hydrogens (tertiary/aromatic N) is 1. The molecule has 0 N–H and O–H groups in total. The molecule has 3 aromatic carbocycles. The van der Waals surface area contributed by atoms with E-state index < -0.39 is 10.1 Å². The van der Waals surface area contributed by atoms with Gasteiger partial charge in [0.2, 0.25) is 0 Å². The third-order valence-electron chi connectivity index (χ3n) is 3.45. The topological polar surface area (TPSA) is 67.2 Å². The van der Waals surface area contributed by atoms with Gasteiger partial charge in [0.1, 0.15) is 11.0 Å². The van der Waals surface area contributed by atoms with Crippen LogP contribution in [0.3, 0.4) is 0 Å². The highest BCUT2D eigenvalue weighted by Crippen LogP contribution is 2.32. The third kappa shape index (κ3) is 3.14. The number of para-hydroxylation sites is 1. The zero-order valence-corrected chi connectivity index (χ0v) is 13.4. The van der Waals surface area contributed by atoms with Gasteiger partial charge in [-0.3, -0.25) is 0 Å². The quantitative estimate of drug-likeness (QED) is 0.676. The fraction of sp³-hybridized carbons (Fsp3) is 0. The molecule has 0 unspecified atom stereocenters. The van der Waals surface area contributed by atoms with Gasteiger partial charge in [0.05, 0.1) is 5.56 Å². The van der Waals surface area contributed by atoms with Gasteiger partial charge in [-0.15, -0.1) is 0 Å². The average molecular weight is 335 g/mol. The van der Waals surface area contributed by atoms with E-state index in [-0.39, 0.29) is 16.2 Å². The summed E-state index contributed by atoms with van der Waals surface area (Å²) in [5.74, 6) is 0.219. The van der Waals surface area contributed by atoms with Crippen LogP contribution in [-0.4, -0.2) is 8.42 Å². The second kappa shape index (κ2) is 6.57. The van der Waals surface area contributed by atoms with Crippen LogP contribution in [-0.2, 0) is 10.1 Å². The highest BCUT2D eigenvalue weighted by atomic mass is 32.2. The fourth-order valence-electron chi connectivity index (χ4n) is 2.34. The molecule has 0 atom stereocenters. The number of rotatable bonds is 4. The molecule has 0 heterocycles. The zero-order valence-electron chi connectivity index (χ0n) is 12.6.